The largest absolute Gasteiger partial charge is 0.496 e. The van der Waals surface area contributed by atoms with E-state index in [1.54, 1.807) is 7.11 Å². The molecule has 0 aliphatic rings. The van der Waals surface area contributed by atoms with Gasteiger partial charge >= 0.3 is 0 Å². The maximum absolute atomic E-state index is 12.0. The maximum atomic E-state index is 12.0. The Labute approximate surface area is 105 Å². The van der Waals surface area contributed by atoms with Crippen molar-refractivity contribution in [1.29, 1.82) is 0 Å². The molecule has 18 heavy (non-hydrogen) atoms. The molecule has 1 aromatic carbocycles. The molecule has 5 heteroatoms. The standard InChI is InChI=1S/C13H15N3O2/c1-3-16-12(15-8-10(14)13(16)17)9-6-4-5-7-11(9)18-2/h4-8H,3,14H2,1-2H3. The zero-order valence-corrected chi connectivity index (χ0v) is 10.4. The summed E-state index contributed by atoms with van der Waals surface area (Å²) >= 11 is 0. The number of rotatable bonds is 3. The molecule has 2 N–H and O–H groups in total. The summed E-state index contributed by atoms with van der Waals surface area (Å²) in [4.78, 5) is 16.2. The molecule has 0 saturated carbocycles. The van der Waals surface area contributed by atoms with E-state index in [0.29, 0.717) is 18.1 Å². The third-order valence-electron chi connectivity index (χ3n) is 2.74. The first-order chi connectivity index (χ1) is 8.69. The zero-order chi connectivity index (χ0) is 13.1. The molecule has 0 aliphatic carbocycles. The number of nitrogens with zero attached hydrogens (tertiary/aromatic N) is 2. The molecule has 0 unspecified atom stereocenters. The molecule has 0 saturated heterocycles. The third kappa shape index (κ3) is 1.95. The fourth-order valence-corrected chi connectivity index (χ4v) is 1.85. The van der Waals surface area contributed by atoms with Crippen molar-refractivity contribution in [3.05, 3.63) is 40.8 Å². The number of hydrogen-bond acceptors (Lipinski definition) is 4. The van der Waals surface area contributed by atoms with Gasteiger partial charge in [0.15, 0.2) is 0 Å². The van der Waals surface area contributed by atoms with Crippen molar-refractivity contribution in [1.82, 2.24) is 9.55 Å². The van der Waals surface area contributed by atoms with Gasteiger partial charge in [-0.3, -0.25) is 9.36 Å². The highest BCUT2D eigenvalue weighted by Gasteiger charge is 2.12. The molecule has 0 amide bonds. The summed E-state index contributed by atoms with van der Waals surface area (Å²) in [6.07, 6.45) is 1.39. The van der Waals surface area contributed by atoms with E-state index in [-0.39, 0.29) is 11.2 Å². The fourth-order valence-electron chi connectivity index (χ4n) is 1.85. The summed E-state index contributed by atoms with van der Waals surface area (Å²) in [6.45, 7) is 2.38. The Bertz CT molecular complexity index is 620. The van der Waals surface area contributed by atoms with E-state index in [2.05, 4.69) is 4.98 Å². The number of hydrogen-bond donors (Lipinski definition) is 1. The zero-order valence-electron chi connectivity index (χ0n) is 10.4. The average Bonchev–Trinajstić information content (AvgIpc) is 2.41. The van der Waals surface area contributed by atoms with E-state index >= 15 is 0 Å². The third-order valence-corrected chi connectivity index (χ3v) is 2.74. The lowest BCUT2D eigenvalue weighted by atomic mass is 10.2. The van der Waals surface area contributed by atoms with Crippen molar-refractivity contribution >= 4 is 5.69 Å². The summed E-state index contributed by atoms with van der Waals surface area (Å²) in [5.74, 6) is 1.24. The van der Waals surface area contributed by atoms with Crippen molar-refractivity contribution in [3.8, 4) is 17.1 Å². The molecule has 0 atom stereocenters. The number of nitrogen functional groups attached to an aromatic ring is 1. The van der Waals surface area contributed by atoms with Gasteiger partial charge in [0.05, 0.1) is 18.9 Å². The number of anilines is 1. The summed E-state index contributed by atoms with van der Waals surface area (Å²) in [5.41, 5.74) is 6.28. The molecule has 5 nitrogen and oxygen atoms in total. The molecular formula is C13H15N3O2. The Kier molecular flexibility index (Phi) is 3.32. The smallest absolute Gasteiger partial charge is 0.276 e. The monoisotopic (exact) mass is 245 g/mol. The van der Waals surface area contributed by atoms with Crippen LogP contribution in [-0.2, 0) is 6.54 Å². The minimum absolute atomic E-state index is 0.149. The summed E-state index contributed by atoms with van der Waals surface area (Å²) in [6, 6.07) is 7.44. The van der Waals surface area contributed by atoms with Gasteiger partial charge in [-0.2, -0.15) is 0 Å². The quantitative estimate of drug-likeness (QED) is 0.890. The highest BCUT2D eigenvalue weighted by Crippen LogP contribution is 2.27. The summed E-state index contributed by atoms with van der Waals surface area (Å²) < 4.78 is 6.82. The Balaban J connectivity index is 2.71. The van der Waals surface area contributed by atoms with Gasteiger partial charge in [-0.1, -0.05) is 12.1 Å². The van der Waals surface area contributed by atoms with Crippen LogP contribution in [-0.4, -0.2) is 16.7 Å². The lowest BCUT2D eigenvalue weighted by Gasteiger charge is -2.13. The van der Waals surface area contributed by atoms with Crippen LogP contribution in [0.25, 0.3) is 11.4 Å². The van der Waals surface area contributed by atoms with Crippen LogP contribution < -0.4 is 16.0 Å². The molecule has 0 aliphatic heterocycles. The van der Waals surface area contributed by atoms with E-state index < -0.39 is 0 Å². The molecule has 1 heterocycles. The molecule has 94 valence electrons. The lowest BCUT2D eigenvalue weighted by Crippen LogP contribution is -2.24. The number of methoxy groups -OCH3 is 1. The maximum Gasteiger partial charge on any atom is 0.276 e. The minimum Gasteiger partial charge on any atom is -0.496 e. The van der Waals surface area contributed by atoms with E-state index in [1.807, 2.05) is 31.2 Å². The average molecular weight is 245 g/mol. The molecule has 0 fully saturated rings. The number of nitrogens with two attached hydrogens (primary N) is 1. The van der Waals surface area contributed by atoms with Crippen molar-refractivity contribution in [3.63, 3.8) is 0 Å². The lowest BCUT2D eigenvalue weighted by molar-refractivity contribution is 0.415. The molecule has 1 aromatic heterocycles. The van der Waals surface area contributed by atoms with E-state index in [0.717, 1.165) is 5.56 Å². The van der Waals surface area contributed by atoms with Gasteiger partial charge in [0, 0.05) is 6.54 Å². The SMILES string of the molecule is CCn1c(-c2ccccc2OC)ncc(N)c1=O. The van der Waals surface area contributed by atoms with Crippen LogP contribution >= 0.6 is 0 Å². The fraction of sp³-hybridized carbons (Fsp3) is 0.231. The molecule has 0 bridgehead atoms. The normalized spacial score (nSPS) is 10.3. The molecular weight excluding hydrogens is 230 g/mol. The second-order valence-corrected chi connectivity index (χ2v) is 3.79. The first-order valence-corrected chi connectivity index (χ1v) is 5.67. The molecule has 0 radical (unpaired) electrons. The van der Waals surface area contributed by atoms with Crippen LogP contribution in [0.15, 0.2) is 35.3 Å². The predicted octanol–water partition coefficient (Wildman–Crippen LogP) is 1.52. The second-order valence-electron chi connectivity index (χ2n) is 3.79. The van der Waals surface area contributed by atoms with Gasteiger partial charge in [0.25, 0.3) is 5.56 Å². The predicted molar refractivity (Wildman–Crippen MR) is 70.6 cm³/mol. The van der Waals surface area contributed by atoms with Crippen LogP contribution in [0.4, 0.5) is 5.69 Å². The van der Waals surface area contributed by atoms with Crippen LogP contribution in [0.5, 0.6) is 5.75 Å². The topological polar surface area (TPSA) is 70.1 Å². The Morgan fingerprint density at radius 2 is 2.11 bits per heavy atom. The van der Waals surface area contributed by atoms with Gasteiger partial charge in [0.1, 0.15) is 17.3 Å². The van der Waals surface area contributed by atoms with Gasteiger partial charge in [-0.25, -0.2) is 4.98 Å². The molecule has 2 aromatic rings. The number of benzene rings is 1. The minimum atomic E-state index is -0.228. The highest BCUT2D eigenvalue weighted by molar-refractivity contribution is 5.64. The van der Waals surface area contributed by atoms with Gasteiger partial charge < -0.3 is 10.5 Å². The van der Waals surface area contributed by atoms with Crippen molar-refractivity contribution < 1.29 is 4.74 Å². The first-order valence-electron chi connectivity index (χ1n) is 5.67. The van der Waals surface area contributed by atoms with E-state index in [1.165, 1.54) is 10.8 Å². The number of ether oxygens (including phenoxy) is 1. The van der Waals surface area contributed by atoms with Gasteiger partial charge in [0.2, 0.25) is 0 Å². The number of para-hydroxylation sites is 1. The van der Waals surface area contributed by atoms with Crippen molar-refractivity contribution in [2.75, 3.05) is 12.8 Å². The Hall–Kier alpha value is -2.30. The Morgan fingerprint density at radius 3 is 2.78 bits per heavy atom. The second kappa shape index (κ2) is 4.91. The van der Waals surface area contributed by atoms with Crippen LogP contribution in [0.3, 0.4) is 0 Å². The molecule has 2 rings (SSSR count). The Morgan fingerprint density at radius 1 is 1.39 bits per heavy atom. The summed E-state index contributed by atoms with van der Waals surface area (Å²) in [7, 11) is 1.59. The van der Waals surface area contributed by atoms with Crippen LogP contribution in [0.1, 0.15) is 6.92 Å². The van der Waals surface area contributed by atoms with Crippen molar-refractivity contribution in [2.45, 2.75) is 13.5 Å². The highest BCUT2D eigenvalue weighted by atomic mass is 16.5. The summed E-state index contributed by atoms with van der Waals surface area (Å²) in [5, 5.41) is 0. The van der Waals surface area contributed by atoms with E-state index in [9.17, 15) is 4.79 Å². The molecule has 0 spiro atoms. The first kappa shape index (κ1) is 12.2. The van der Waals surface area contributed by atoms with Crippen LogP contribution in [0.2, 0.25) is 0 Å². The van der Waals surface area contributed by atoms with Gasteiger partial charge in [-0.05, 0) is 19.1 Å². The van der Waals surface area contributed by atoms with E-state index in [4.69, 9.17) is 10.5 Å². The van der Waals surface area contributed by atoms with Crippen LogP contribution in [0, 0.1) is 0 Å². The van der Waals surface area contributed by atoms with Crippen molar-refractivity contribution in [2.24, 2.45) is 0 Å². The number of aromatic nitrogens is 2. The van der Waals surface area contributed by atoms with Gasteiger partial charge in [-0.15, -0.1) is 0 Å².